The Bertz CT molecular complexity index is 369. The van der Waals surface area contributed by atoms with Crippen LogP contribution in [0.25, 0.3) is 0 Å². The number of methoxy groups -OCH3 is 1. The van der Waals surface area contributed by atoms with Gasteiger partial charge in [0.1, 0.15) is 5.82 Å². The molecule has 5 nitrogen and oxygen atoms in total. The molecule has 0 bridgehead atoms. The molecule has 1 aromatic heterocycles. The first-order chi connectivity index (χ1) is 9.31. The summed E-state index contributed by atoms with van der Waals surface area (Å²) in [6.07, 6.45) is 8.58. The predicted molar refractivity (Wildman–Crippen MR) is 74.0 cm³/mol. The third-order valence-electron chi connectivity index (χ3n) is 3.44. The maximum atomic E-state index is 5.90. The Morgan fingerprint density at radius 3 is 2.79 bits per heavy atom. The van der Waals surface area contributed by atoms with Gasteiger partial charge >= 0.3 is 0 Å². The SMILES string of the molecule is CCNc1cnc(COC2CCCC(OC)C2)cn1. The van der Waals surface area contributed by atoms with E-state index in [1.54, 1.807) is 19.5 Å². The number of anilines is 1. The van der Waals surface area contributed by atoms with Gasteiger partial charge in [-0.1, -0.05) is 0 Å². The Labute approximate surface area is 114 Å². The van der Waals surface area contributed by atoms with E-state index in [-0.39, 0.29) is 6.10 Å². The summed E-state index contributed by atoms with van der Waals surface area (Å²) in [4.78, 5) is 8.62. The minimum atomic E-state index is 0.286. The van der Waals surface area contributed by atoms with E-state index in [1.807, 2.05) is 6.92 Å². The van der Waals surface area contributed by atoms with Crippen LogP contribution in [-0.4, -0.2) is 35.8 Å². The molecular formula is C14H23N3O2. The zero-order chi connectivity index (χ0) is 13.5. The molecule has 1 N–H and O–H groups in total. The van der Waals surface area contributed by atoms with Crippen LogP contribution in [0.5, 0.6) is 0 Å². The van der Waals surface area contributed by atoms with Crippen LogP contribution < -0.4 is 5.32 Å². The number of rotatable bonds is 6. The predicted octanol–water partition coefficient (Wildman–Crippen LogP) is 2.38. The second-order valence-electron chi connectivity index (χ2n) is 4.88. The molecule has 2 rings (SSSR count). The van der Waals surface area contributed by atoms with Crippen molar-refractivity contribution in [2.75, 3.05) is 19.0 Å². The zero-order valence-corrected chi connectivity index (χ0v) is 11.8. The van der Waals surface area contributed by atoms with Crippen molar-refractivity contribution in [3.63, 3.8) is 0 Å². The molecule has 19 heavy (non-hydrogen) atoms. The van der Waals surface area contributed by atoms with Crippen molar-refractivity contribution in [2.45, 2.75) is 51.4 Å². The second kappa shape index (κ2) is 7.40. The van der Waals surface area contributed by atoms with E-state index in [0.717, 1.165) is 37.3 Å². The van der Waals surface area contributed by atoms with E-state index in [4.69, 9.17) is 9.47 Å². The van der Waals surface area contributed by atoms with Crippen molar-refractivity contribution in [3.8, 4) is 0 Å². The van der Waals surface area contributed by atoms with Gasteiger partial charge in [-0.3, -0.25) is 4.98 Å². The van der Waals surface area contributed by atoms with Crippen LogP contribution in [0.1, 0.15) is 38.3 Å². The third kappa shape index (κ3) is 4.44. The van der Waals surface area contributed by atoms with Gasteiger partial charge in [-0.25, -0.2) is 4.98 Å². The van der Waals surface area contributed by atoms with E-state index in [0.29, 0.717) is 12.7 Å². The summed E-state index contributed by atoms with van der Waals surface area (Å²) < 4.78 is 11.3. The van der Waals surface area contributed by atoms with Crippen molar-refractivity contribution in [3.05, 3.63) is 18.1 Å². The molecule has 1 heterocycles. The number of nitrogens with zero attached hydrogens (tertiary/aromatic N) is 2. The normalized spacial score (nSPS) is 23.3. The lowest BCUT2D eigenvalue weighted by atomic mass is 9.95. The number of ether oxygens (including phenoxy) is 2. The quantitative estimate of drug-likeness (QED) is 0.856. The fraction of sp³-hybridized carbons (Fsp3) is 0.714. The molecular weight excluding hydrogens is 242 g/mol. The Morgan fingerprint density at radius 1 is 1.26 bits per heavy atom. The summed E-state index contributed by atoms with van der Waals surface area (Å²) in [5.41, 5.74) is 0.876. The Balaban J connectivity index is 1.78. The summed E-state index contributed by atoms with van der Waals surface area (Å²) in [5.74, 6) is 0.809. The molecule has 0 radical (unpaired) electrons. The summed E-state index contributed by atoms with van der Waals surface area (Å²) in [6.45, 7) is 3.42. The van der Waals surface area contributed by atoms with E-state index >= 15 is 0 Å². The van der Waals surface area contributed by atoms with Gasteiger partial charge in [0.15, 0.2) is 0 Å². The largest absolute Gasteiger partial charge is 0.381 e. The summed E-state index contributed by atoms with van der Waals surface area (Å²) >= 11 is 0. The molecule has 0 aliphatic heterocycles. The van der Waals surface area contributed by atoms with E-state index in [1.165, 1.54) is 6.42 Å². The zero-order valence-electron chi connectivity index (χ0n) is 11.8. The summed E-state index contributed by atoms with van der Waals surface area (Å²) in [6, 6.07) is 0. The third-order valence-corrected chi connectivity index (χ3v) is 3.44. The fourth-order valence-corrected chi connectivity index (χ4v) is 2.37. The maximum absolute atomic E-state index is 5.90. The first-order valence-corrected chi connectivity index (χ1v) is 7.01. The van der Waals surface area contributed by atoms with Crippen LogP contribution in [0.2, 0.25) is 0 Å². The lowest BCUT2D eigenvalue weighted by molar-refractivity contribution is -0.0372. The van der Waals surface area contributed by atoms with E-state index < -0.39 is 0 Å². The fourth-order valence-electron chi connectivity index (χ4n) is 2.37. The van der Waals surface area contributed by atoms with Gasteiger partial charge in [0.05, 0.1) is 36.9 Å². The molecule has 1 saturated carbocycles. The minimum Gasteiger partial charge on any atom is -0.381 e. The molecule has 5 heteroatoms. The molecule has 1 aromatic rings. The van der Waals surface area contributed by atoms with Crippen molar-refractivity contribution >= 4 is 5.82 Å². The maximum Gasteiger partial charge on any atom is 0.144 e. The molecule has 106 valence electrons. The van der Waals surface area contributed by atoms with E-state index in [9.17, 15) is 0 Å². The standard InChI is InChI=1S/C14H23N3O2/c1-3-15-14-9-16-11(8-17-14)10-19-13-6-4-5-12(7-13)18-2/h8-9,12-13H,3-7,10H2,1-2H3,(H,15,17). The van der Waals surface area contributed by atoms with Gasteiger partial charge in [0, 0.05) is 13.7 Å². The highest BCUT2D eigenvalue weighted by atomic mass is 16.5. The van der Waals surface area contributed by atoms with Crippen molar-refractivity contribution in [1.82, 2.24) is 9.97 Å². The Morgan fingerprint density at radius 2 is 2.11 bits per heavy atom. The molecule has 1 aliphatic carbocycles. The molecule has 2 atom stereocenters. The molecule has 2 unspecified atom stereocenters. The van der Waals surface area contributed by atoms with E-state index in [2.05, 4.69) is 15.3 Å². The van der Waals surface area contributed by atoms with Gasteiger partial charge < -0.3 is 14.8 Å². The average Bonchev–Trinajstić information content (AvgIpc) is 2.47. The van der Waals surface area contributed by atoms with Crippen molar-refractivity contribution in [1.29, 1.82) is 0 Å². The summed E-state index contributed by atoms with van der Waals surface area (Å²) in [7, 11) is 1.78. The number of nitrogens with one attached hydrogen (secondary N) is 1. The van der Waals surface area contributed by atoms with Crippen LogP contribution in [-0.2, 0) is 16.1 Å². The molecule has 1 fully saturated rings. The molecule has 1 aliphatic rings. The first-order valence-electron chi connectivity index (χ1n) is 7.01. The number of hydrogen-bond donors (Lipinski definition) is 1. The molecule has 0 amide bonds. The first kappa shape index (κ1) is 14.2. The average molecular weight is 265 g/mol. The van der Waals surface area contributed by atoms with Crippen LogP contribution in [0.4, 0.5) is 5.82 Å². The highest BCUT2D eigenvalue weighted by Crippen LogP contribution is 2.23. The van der Waals surface area contributed by atoms with Gasteiger partial charge in [0.25, 0.3) is 0 Å². The van der Waals surface area contributed by atoms with Crippen LogP contribution in [0, 0.1) is 0 Å². The van der Waals surface area contributed by atoms with Gasteiger partial charge in [-0.2, -0.15) is 0 Å². The van der Waals surface area contributed by atoms with Crippen LogP contribution >= 0.6 is 0 Å². The Hall–Kier alpha value is -1.20. The molecule has 0 spiro atoms. The number of hydrogen-bond acceptors (Lipinski definition) is 5. The molecule has 0 saturated heterocycles. The number of aromatic nitrogens is 2. The van der Waals surface area contributed by atoms with Gasteiger partial charge in [0.2, 0.25) is 0 Å². The lowest BCUT2D eigenvalue weighted by Gasteiger charge is -2.28. The van der Waals surface area contributed by atoms with Gasteiger partial charge in [-0.15, -0.1) is 0 Å². The molecule has 0 aromatic carbocycles. The summed E-state index contributed by atoms with van der Waals surface area (Å²) in [5, 5.41) is 3.12. The van der Waals surface area contributed by atoms with Gasteiger partial charge in [-0.05, 0) is 32.6 Å². The lowest BCUT2D eigenvalue weighted by Crippen LogP contribution is -2.27. The second-order valence-corrected chi connectivity index (χ2v) is 4.88. The highest BCUT2D eigenvalue weighted by Gasteiger charge is 2.22. The smallest absolute Gasteiger partial charge is 0.144 e. The van der Waals surface area contributed by atoms with Crippen LogP contribution in [0.15, 0.2) is 12.4 Å². The van der Waals surface area contributed by atoms with Crippen molar-refractivity contribution in [2.24, 2.45) is 0 Å². The van der Waals surface area contributed by atoms with Crippen LogP contribution in [0.3, 0.4) is 0 Å². The monoisotopic (exact) mass is 265 g/mol. The van der Waals surface area contributed by atoms with Crippen molar-refractivity contribution < 1.29 is 9.47 Å². The Kier molecular flexibility index (Phi) is 5.54. The topological polar surface area (TPSA) is 56.3 Å². The minimum absolute atomic E-state index is 0.286. The highest BCUT2D eigenvalue weighted by molar-refractivity contribution is 5.30.